The normalized spacial score (nSPS) is 25.8. The quantitative estimate of drug-likeness (QED) is 0.580. The summed E-state index contributed by atoms with van der Waals surface area (Å²) in [6.07, 6.45) is 4.34. The first kappa shape index (κ1) is 7.60. The molecule has 1 aromatic carbocycles. The Balaban J connectivity index is 2.34. The minimum absolute atomic E-state index is 0.387. The van der Waals surface area contributed by atoms with Gasteiger partial charge in [0.15, 0.2) is 0 Å². The zero-order valence-electron chi connectivity index (χ0n) is 7.51. The molecule has 0 unspecified atom stereocenters. The van der Waals surface area contributed by atoms with E-state index in [-0.39, 0.29) is 0 Å². The summed E-state index contributed by atoms with van der Waals surface area (Å²) >= 11 is 0. The lowest BCUT2D eigenvalue weighted by Gasteiger charge is -2.40. The zero-order chi connectivity index (χ0) is 8.60. The van der Waals surface area contributed by atoms with Gasteiger partial charge in [0.25, 0.3) is 0 Å². The first-order valence-electron chi connectivity index (χ1n) is 4.45. The van der Waals surface area contributed by atoms with Crippen LogP contribution in [0.4, 0.5) is 0 Å². The molecule has 0 saturated carbocycles. The lowest BCUT2D eigenvalue weighted by Crippen LogP contribution is -2.34. The third-order valence-electron chi connectivity index (χ3n) is 2.84. The number of hydrogen-bond acceptors (Lipinski definition) is 0. The van der Waals surface area contributed by atoms with E-state index in [1.165, 1.54) is 17.5 Å². The van der Waals surface area contributed by atoms with Crippen molar-refractivity contribution < 1.29 is 0 Å². The number of hydrogen-bond donors (Lipinski definition) is 0. The van der Waals surface area contributed by atoms with Crippen LogP contribution >= 0.6 is 0 Å². The summed E-state index contributed by atoms with van der Waals surface area (Å²) in [5.74, 6) is 0. The molecule has 0 bridgehead atoms. The van der Waals surface area contributed by atoms with Gasteiger partial charge in [0.05, 0.1) is 0 Å². The lowest BCUT2D eigenvalue weighted by molar-refractivity contribution is 0.415. The van der Waals surface area contributed by atoms with E-state index in [4.69, 9.17) is 0 Å². The van der Waals surface area contributed by atoms with Gasteiger partial charge < -0.3 is 0 Å². The molecule has 12 heavy (non-hydrogen) atoms. The van der Waals surface area contributed by atoms with Crippen LogP contribution in [0.15, 0.2) is 36.9 Å². The van der Waals surface area contributed by atoms with Crippen LogP contribution in [-0.4, -0.2) is 0 Å². The van der Waals surface area contributed by atoms with E-state index in [2.05, 4.69) is 37.8 Å². The standard InChI is InChI=1S/C12H14/c1-3-8-12(2)9-10-6-4-5-7-11(10)12/h3-7H,1,8-9H2,2H3/t12-/m0/s1. The van der Waals surface area contributed by atoms with E-state index in [0.717, 1.165) is 6.42 Å². The maximum Gasteiger partial charge on any atom is 0.000222 e. The smallest absolute Gasteiger partial charge is 0.000222 e. The highest BCUT2D eigenvalue weighted by molar-refractivity contribution is 5.44. The molecule has 1 aliphatic carbocycles. The maximum absolute atomic E-state index is 3.80. The molecule has 0 heterocycles. The third-order valence-corrected chi connectivity index (χ3v) is 2.84. The average Bonchev–Trinajstić information content (AvgIpc) is 2.04. The summed E-state index contributed by atoms with van der Waals surface area (Å²) in [7, 11) is 0. The van der Waals surface area contributed by atoms with Crippen LogP contribution in [0, 0.1) is 0 Å². The molecule has 0 aromatic heterocycles. The maximum atomic E-state index is 3.80. The third kappa shape index (κ3) is 0.911. The molecule has 1 atom stereocenters. The van der Waals surface area contributed by atoms with Gasteiger partial charge in [-0.3, -0.25) is 0 Å². The summed E-state index contributed by atoms with van der Waals surface area (Å²) in [4.78, 5) is 0. The van der Waals surface area contributed by atoms with E-state index < -0.39 is 0 Å². The molecule has 2 rings (SSSR count). The van der Waals surface area contributed by atoms with Gasteiger partial charge in [0.2, 0.25) is 0 Å². The zero-order valence-corrected chi connectivity index (χ0v) is 7.51. The van der Waals surface area contributed by atoms with Crippen molar-refractivity contribution in [3.8, 4) is 0 Å². The predicted molar refractivity (Wildman–Crippen MR) is 52.3 cm³/mol. The van der Waals surface area contributed by atoms with Crippen LogP contribution in [-0.2, 0) is 11.8 Å². The average molecular weight is 158 g/mol. The number of allylic oxidation sites excluding steroid dienone is 1. The van der Waals surface area contributed by atoms with Crippen LogP contribution < -0.4 is 0 Å². The fourth-order valence-electron chi connectivity index (χ4n) is 2.17. The fourth-order valence-corrected chi connectivity index (χ4v) is 2.17. The van der Waals surface area contributed by atoms with Crippen LogP contribution in [0.2, 0.25) is 0 Å². The van der Waals surface area contributed by atoms with Gasteiger partial charge in [-0.25, -0.2) is 0 Å². The van der Waals surface area contributed by atoms with Gasteiger partial charge in [-0.05, 0) is 24.0 Å². The van der Waals surface area contributed by atoms with E-state index in [1.807, 2.05) is 6.08 Å². The van der Waals surface area contributed by atoms with Gasteiger partial charge in [-0.1, -0.05) is 37.3 Å². The van der Waals surface area contributed by atoms with Crippen LogP contribution in [0.25, 0.3) is 0 Å². The van der Waals surface area contributed by atoms with Gasteiger partial charge in [-0.15, -0.1) is 6.58 Å². The molecule has 62 valence electrons. The Morgan fingerprint density at radius 3 is 2.92 bits per heavy atom. The van der Waals surface area contributed by atoms with Crippen LogP contribution in [0.1, 0.15) is 24.5 Å². The molecule has 0 heteroatoms. The molecular weight excluding hydrogens is 144 g/mol. The monoisotopic (exact) mass is 158 g/mol. The highest BCUT2D eigenvalue weighted by Crippen LogP contribution is 2.43. The summed E-state index contributed by atoms with van der Waals surface area (Å²) in [6.45, 7) is 6.12. The highest BCUT2D eigenvalue weighted by Gasteiger charge is 2.36. The Kier molecular flexibility index (Phi) is 1.57. The molecule has 0 N–H and O–H groups in total. The lowest BCUT2D eigenvalue weighted by atomic mass is 9.63. The fraction of sp³-hybridized carbons (Fsp3) is 0.333. The molecule has 1 aliphatic rings. The first-order valence-corrected chi connectivity index (χ1v) is 4.45. The number of rotatable bonds is 2. The minimum atomic E-state index is 0.387. The van der Waals surface area contributed by atoms with Gasteiger partial charge in [0, 0.05) is 5.41 Å². The van der Waals surface area contributed by atoms with Crippen molar-refractivity contribution in [2.75, 3.05) is 0 Å². The van der Waals surface area contributed by atoms with Gasteiger partial charge in [0.1, 0.15) is 0 Å². The SMILES string of the molecule is C=CC[C@@]1(C)Cc2ccccc21. The van der Waals surface area contributed by atoms with Gasteiger partial charge >= 0.3 is 0 Å². The number of benzene rings is 1. The van der Waals surface area contributed by atoms with E-state index in [1.54, 1.807) is 0 Å². The number of fused-ring (bicyclic) bond motifs is 1. The Bertz CT molecular complexity index is 312. The molecule has 0 aliphatic heterocycles. The van der Waals surface area contributed by atoms with E-state index >= 15 is 0 Å². The molecular formula is C12H14. The van der Waals surface area contributed by atoms with Crippen molar-refractivity contribution in [1.82, 2.24) is 0 Å². The predicted octanol–water partition coefficient (Wildman–Crippen LogP) is 3.08. The molecule has 0 saturated heterocycles. The van der Waals surface area contributed by atoms with Crippen LogP contribution in [0.5, 0.6) is 0 Å². The second kappa shape index (κ2) is 2.48. The second-order valence-corrected chi connectivity index (χ2v) is 3.89. The van der Waals surface area contributed by atoms with Crippen LogP contribution in [0.3, 0.4) is 0 Å². The summed E-state index contributed by atoms with van der Waals surface area (Å²) < 4.78 is 0. The van der Waals surface area contributed by atoms with Crippen molar-refractivity contribution in [3.05, 3.63) is 48.0 Å². The molecule has 0 radical (unpaired) electrons. The summed E-state index contributed by atoms with van der Waals surface area (Å²) in [5.41, 5.74) is 3.42. The topological polar surface area (TPSA) is 0 Å². The van der Waals surface area contributed by atoms with E-state index in [0.29, 0.717) is 5.41 Å². The molecule has 0 spiro atoms. The Morgan fingerprint density at radius 1 is 1.50 bits per heavy atom. The molecule has 0 amide bonds. The van der Waals surface area contributed by atoms with Crippen molar-refractivity contribution in [3.63, 3.8) is 0 Å². The largest absolute Gasteiger partial charge is 0.103 e. The minimum Gasteiger partial charge on any atom is -0.103 e. The highest BCUT2D eigenvalue weighted by atomic mass is 14.4. The van der Waals surface area contributed by atoms with Crippen molar-refractivity contribution in [1.29, 1.82) is 0 Å². The van der Waals surface area contributed by atoms with Crippen molar-refractivity contribution >= 4 is 0 Å². The Hall–Kier alpha value is -1.04. The summed E-state index contributed by atoms with van der Waals surface area (Å²) in [6, 6.07) is 8.70. The van der Waals surface area contributed by atoms with Gasteiger partial charge in [-0.2, -0.15) is 0 Å². The second-order valence-electron chi connectivity index (χ2n) is 3.89. The Morgan fingerprint density at radius 2 is 2.25 bits per heavy atom. The molecule has 1 aromatic rings. The van der Waals surface area contributed by atoms with E-state index in [9.17, 15) is 0 Å². The van der Waals surface area contributed by atoms with Crippen molar-refractivity contribution in [2.24, 2.45) is 0 Å². The van der Waals surface area contributed by atoms with Crippen molar-refractivity contribution in [2.45, 2.75) is 25.2 Å². The first-order chi connectivity index (χ1) is 5.76. The molecule has 0 fully saturated rings. The summed E-state index contributed by atoms with van der Waals surface area (Å²) in [5, 5.41) is 0. The Labute approximate surface area is 73.9 Å². The molecule has 0 nitrogen and oxygen atoms in total.